The Labute approximate surface area is 127 Å². The van der Waals surface area contributed by atoms with Gasteiger partial charge in [0.25, 0.3) is 11.6 Å². The number of rotatable bonds is 3. The predicted octanol–water partition coefficient (Wildman–Crippen LogP) is 2.17. The molecule has 2 fully saturated rings. The molecule has 1 saturated carbocycles. The number of piperazine rings is 1. The van der Waals surface area contributed by atoms with E-state index in [9.17, 15) is 14.9 Å². The summed E-state index contributed by atoms with van der Waals surface area (Å²) in [7, 11) is 0. The average molecular weight is 310 g/mol. The summed E-state index contributed by atoms with van der Waals surface area (Å²) >= 11 is 5.77. The van der Waals surface area contributed by atoms with Gasteiger partial charge in [-0.15, -0.1) is 0 Å². The number of hydrogen-bond acceptors (Lipinski definition) is 4. The number of carbonyl (C=O) groups excluding carboxylic acids is 1. The molecule has 0 aromatic heterocycles. The molecule has 2 aliphatic rings. The maximum absolute atomic E-state index is 12.4. The highest BCUT2D eigenvalue weighted by Crippen LogP contribution is 2.28. The minimum Gasteiger partial charge on any atom is -0.336 e. The number of halogens is 1. The highest BCUT2D eigenvalue weighted by molar-refractivity contribution is 6.32. The molecule has 7 heteroatoms. The van der Waals surface area contributed by atoms with E-state index in [0.29, 0.717) is 24.7 Å². The van der Waals surface area contributed by atoms with Gasteiger partial charge in [-0.1, -0.05) is 11.6 Å². The molecule has 3 rings (SSSR count). The normalized spacial score (nSPS) is 19.6. The molecule has 21 heavy (non-hydrogen) atoms. The van der Waals surface area contributed by atoms with Crippen molar-refractivity contribution in [3.63, 3.8) is 0 Å². The summed E-state index contributed by atoms with van der Waals surface area (Å²) in [5, 5.41) is 10.9. The number of nitro benzene ring substituents is 1. The lowest BCUT2D eigenvalue weighted by Gasteiger charge is -2.34. The van der Waals surface area contributed by atoms with Crippen LogP contribution in [0, 0.1) is 10.1 Å². The van der Waals surface area contributed by atoms with Gasteiger partial charge in [0.15, 0.2) is 0 Å². The standard InChI is InChI=1S/C14H16ClN3O3/c15-12-4-1-10(9-13(12)18(20)21)14(19)17-7-5-16(6-8-17)11-2-3-11/h1,4,9,11H,2-3,5-8H2. The third-order valence-electron chi connectivity index (χ3n) is 4.05. The molecule has 0 bridgehead atoms. The molecule has 0 radical (unpaired) electrons. The Morgan fingerprint density at radius 3 is 2.48 bits per heavy atom. The van der Waals surface area contributed by atoms with Crippen LogP contribution in [0.2, 0.25) is 5.02 Å². The van der Waals surface area contributed by atoms with Gasteiger partial charge >= 0.3 is 0 Å². The molecule has 112 valence electrons. The van der Waals surface area contributed by atoms with Crippen molar-refractivity contribution in [2.75, 3.05) is 26.2 Å². The zero-order valence-electron chi connectivity index (χ0n) is 11.5. The topological polar surface area (TPSA) is 66.7 Å². The lowest BCUT2D eigenvalue weighted by atomic mass is 10.1. The van der Waals surface area contributed by atoms with E-state index in [0.717, 1.165) is 13.1 Å². The van der Waals surface area contributed by atoms with Crippen molar-refractivity contribution in [2.24, 2.45) is 0 Å². The minimum absolute atomic E-state index is 0.0510. The molecule has 0 N–H and O–H groups in total. The fraction of sp³-hybridized carbons (Fsp3) is 0.500. The third-order valence-corrected chi connectivity index (χ3v) is 4.37. The summed E-state index contributed by atoms with van der Waals surface area (Å²) in [6, 6.07) is 4.93. The molecule has 0 unspecified atom stereocenters. The van der Waals surface area contributed by atoms with Crippen LogP contribution < -0.4 is 0 Å². The first kappa shape index (κ1) is 14.3. The summed E-state index contributed by atoms with van der Waals surface area (Å²) in [4.78, 5) is 26.9. The highest BCUT2D eigenvalue weighted by atomic mass is 35.5. The van der Waals surface area contributed by atoms with Crippen LogP contribution >= 0.6 is 11.6 Å². The molecule has 1 amide bonds. The molecule has 6 nitrogen and oxygen atoms in total. The van der Waals surface area contributed by atoms with Gasteiger partial charge in [0.1, 0.15) is 5.02 Å². The zero-order chi connectivity index (χ0) is 15.0. The minimum atomic E-state index is -0.565. The van der Waals surface area contributed by atoms with Crippen LogP contribution in [0.5, 0.6) is 0 Å². The molecule has 0 spiro atoms. The summed E-state index contributed by atoms with van der Waals surface area (Å²) in [5.41, 5.74) is 0.102. The van der Waals surface area contributed by atoms with Crippen LogP contribution in [0.15, 0.2) is 18.2 Å². The monoisotopic (exact) mass is 309 g/mol. The maximum atomic E-state index is 12.4. The van der Waals surface area contributed by atoms with E-state index in [1.54, 1.807) is 11.0 Å². The molecule has 1 heterocycles. The van der Waals surface area contributed by atoms with Crippen LogP contribution in [0.1, 0.15) is 23.2 Å². The largest absolute Gasteiger partial charge is 0.336 e. The van der Waals surface area contributed by atoms with Gasteiger partial charge in [0, 0.05) is 43.9 Å². The Morgan fingerprint density at radius 1 is 1.24 bits per heavy atom. The molecule has 1 aliphatic heterocycles. The van der Waals surface area contributed by atoms with Crippen molar-refractivity contribution in [3.05, 3.63) is 38.9 Å². The fourth-order valence-corrected chi connectivity index (χ4v) is 2.88. The molecular weight excluding hydrogens is 294 g/mol. The first-order chi connectivity index (χ1) is 10.1. The number of nitro groups is 1. The van der Waals surface area contributed by atoms with E-state index in [-0.39, 0.29) is 16.6 Å². The number of nitrogens with zero attached hydrogens (tertiary/aromatic N) is 3. The number of carbonyl (C=O) groups is 1. The molecule has 1 aliphatic carbocycles. The second kappa shape index (κ2) is 5.61. The zero-order valence-corrected chi connectivity index (χ0v) is 12.3. The van der Waals surface area contributed by atoms with Gasteiger partial charge in [-0.3, -0.25) is 19.8 Å². The van der Waals surface area contributed by atoms with Crippen LogP contribution in [0.4, 0.5) is 5.69 Å². The Morgan fingerprint density at radius 2 is 1.90 bits per heavy atom. The van der Waals surface area contributed by atoms with Gasteiger partial charge in [0.2, 0.25) is 0 Å². The van der Waals surface area contributed by atoms with Crippen LogP contribution in [-0.4, -0.2) is 52.9 Å². The highest BCUT2D eigenvalue weighted by Gasteiger charge is 2.32. The second-order valence-corrected chi connectivity index (χ2v) is 5.89. The first-order valence-corrected chi connectivity index (χ1v) is 7.41. The first-order valence-electron chi connectivity index (χ1n) is 7.03. The molecule has 1 saturated heterocycles. The smallest absolute Gasteiger partial charge is 0.288 e. The Hall–Kier alpha value is -1.66. The molecular formula is C14H16ClN3O3. The number of hydrogen-bond donors (Lipinski definition) is 0. The van der Waals surface area contributed by atoms with Gasteiger partial charge < -0.3 is 4.90 Å². The van der Waals surface area contributed by atoms with Crippen molar-refractivity contribution in [1.29, 1.82) is 0 Å². The lowest BCUT2D eigenvalue weighted by Crippen LogP contribution is -2.49. The summed E-state index contributed by atoms with van der Waals surface area (Å²) in [5.74, 6) is -0.162. The molecule has 1 aromatic rings. The quantitative estimate of drug-likeness (QED) is 0.634. The fourth-order valence-electron chi connectivity index (χ4n) is 2.70. The second-order valence-electron chi connectivity index (χ2n) is 5.48. The Kier molecular flexibility index (Phi) is 3.82. The van der Waals surface area contributed by atoms with Crippen LogP contribution in [0.25, 0.3) is 0 Å². The van der Waals surface area contributed by atoms with Gasteiger partial charge in [-0.05, 0) is 25.0 Å². The Balaban J connectivity index is 1.70. The molecule has 1 aromatic carbocycles. The van der Waals surface area contributed by atoms with Crippen LogP contribution in [-0.2, 0) is 0 Å². The molecule has 0 atom stereocenters. The van der Waals surface area contributed by atoms with E-state index in [1.165, 1.54) is 25.0 Å². The van der Waals surface area contributed by atoms with Gasteiger partial charge in [0.05, 0.1) is 4.92 Å². The van der Waals surface area contributed by atoms with E-state index >= 15 is 0 Å². The van der Waals surface area contributed by atoms with E-state index in [2.05, 4.69) is 4.90 Å². The van der Waals surface area contributed by atoms with Crippen molar-refractivity contribution in [2.45, 2.75) is 18.9 Å². The van der Waals surface area contributed by atoms with Crippen molar-refractivity contribution in [3.8, 4) is 0 Å². The summed E-state index contributed by atoms with van der Waals surface area (Å²) in [6.45, 7) is 3.11. The summed E-state index contributed by atoms with van der Waals surface area (Å²) < 4.78 is 0. The van der Waals surface area contributed by atoms with Crippen LogP contribution in [0.3, 0.4) is 0 Å². The lowest BCUT2D eigenvalue weighted by molar-refractivity contribution is -0.384. The number of benzene rings is 1. The maximum Gasteiger partial charge on any atom is 0.288 e. The van der Waals surface area contributed by atoms with E-state index in [4.69, 9.17) is 11.6 Å². The SMILES string of the molecule is O=C(c1ccc(Cl)c([N+](=O)[O-])c1)N1CCN(C2CC2)CC1. The van der Waals surface area contributed by atoms with Crippen molar-refractivity contribution in [1.82, 2.24) is 9.80 Å². The summed E-state index contributed by atoms with van der Waals surface area (Å²) in [6.07, 6.45) is 2.52. The predicted molar refractivity (Wildman–Crippen MR) is 78.6 cm³/mol. The third kappa shape index (κ3) is 3.01. The van der Waals surface area contributed by atoms with Gasteiger partial charge in [-0.2, -0.15) is 0 Å². The van der Waals surface area contributed by atoms with Crippen molar-refractivity contribution < 1.29 is 9.72 Å². The Bertz CT molecular complexity index is 581. The van der Waals surface area contributed by atoms with Crippen molar-refractivity contribution >= 4 is 23.2 Å². The van der Waals surface area contributed by atoms with E-state index in [1.807, 2.05) is 0 Å². The van der Waals surface area contributed by atoms with Gasteiger partial charge in [-0.25, -0.2) is 0 Å². The average Bonchev–Trinajstić information content (AvgIpc) is 3.31. The number of amides is 1. The van der Waals surface area contributed by atoms with E-state index < -0.39 is 4.92 Å².